The minimum atomic E-state index is -2.87. The standard InChI is InChI=1S/C14H18F2N2O2S/c1-9-4-5-12(20-13(15)16)11(7-9)18-14(21)17-8-10-3-2-6-19-10/h4-5,7,10,13H,2-3,6,8H2,1H3,(H2,17,18,21). The van der Waals surface area contributed by atoms with Gasteiger partial charge in [0.15, 0.2) is 5.11 Å². The van der Waals surface area contributed by atoms with Gasteiger partial charge in [0.05, 0.1) is 11.8 Å². The summed E-state index contributed by atoms with van der Waals surface area (Å²) in [7, 11) is 0. The van der Waals surface area contributed by atoms with Gasteiger partial charge in [0.2, 0.25) is 0 Å². The quantitative estimate of drug-likeness (QED) is 0.817. The first-order chi connectivity index (χ1) is 10.0. The van der Waals surface area contributed by atoms with Gasteiger partial charge >= 0.3 is 6.61 Å². The zero-order valence-corrected chi connectivity index (χ0v) is 12.5. The van der Waals surface area contributed by atoms with Crippen LogP contribution in [0, 0.1) is 6.92 Å². The Kier molecular flexibility index (Phi) is 5.69. The smallest absolute Gasteiger partial charge is 0.387 e. The first-order valence-corrected chi connectivity index (χ1v) is 7.17. The fraction of sp³-hybridized carbons (Fsp3) is 0.500. The molecule has 0 radical (unpaired) electrons. The molecule has 1 fully saturated rings. The van der Waals surface area contributed by atoms with Gasteiger partial charge in [-0.3, -0.25) is 0 Å². The van der Waals surface area contributed by atoms with Crippen LogP contribution in [0.3, 0.4) is 0 Å². The molecule has 116 valence electrons. The number of rotatable bonds is 5. The Morgan fingerprint density at radius 3 is 3.00 bits per heavy atom. The molecule has 1 saturated heterocycles. The second-order valence-corrected chi connectivity index (χ2v) is 5.26. The summed E-state index contributed by atoms with van der Waals surface area (Å²) >= 11 is 5.17. The van der Waals surface area contributed by atoms with Gasteiger partial charge in [-0.2, -0.15) is 8.78 Å². The second kappa shape index (κ2) is 7.51. The van der Waals surface area contributed by atoms with Crippen LogP contribution in [-0.4, -0.2) is 31.0 Å². The van der Waals surface area contributed by atoms with E-state index < -0.39 is 6.61 Å². The molecule has 1 atom stereocenters. The van der Waals surface area contributed by atoms with Gasteiger partial charge in [-0.05, 0) is 49.7 Å². The Labute approximate surface area is 127 Å². The van der Waals surface area contributed by atoms with Crippen LogP contribution in [-0.2, 0) is 4.74 Å². The molecule has 0 bridgehead atoms. The molecule has 4 nitrogen and oxygen atoms in total. The van der Waals surface area contributed by atoms with E-state index in [1.807, 2.05) is 6.92 Å². The maximum Gasteiger partial charge on any atom is 0.387 e. The fourth-order valence-electron chi connectivity index (χ4n) is 2.12. The van der Waals surface area contributed by atoms with Crippen LogP contribution in [0.1, 0.15) is 18.4 Å². The lowest BCUT2D eigenvalue weighted by Crippen LogP contribution is -2.35. The van der Waals surface area contributed by atoms with Gasteiger partial charge in [-0.25, -0.2) is 0 Å². The van der Waals surface area contributed by atoms with Crippen molar-refractivity contribution in [3.8, 4) is 5.75 Å². The Hall–Kier alpha value is -1.47. The van der Waals surface area contributed by atoms with Gasteiger partial charge in [0, 0.05) is 13.2 Å². The van der Waals surface area contributed by atoms with Crippen molar-refractivity contribution in [2.24, 2.45) is 0 Å². The molecule has 0 aliphatic carbocycles. The molecule has 7 heteroatoms. The lowest BCUT2D eigenvalue weighted by Gasteiger charge is -2.16. The lowest BCUT2D eigenvalue weighted by molar-refractivity contribution is -0.0493. The number of nitrogens with one attached hydrogen (secondary N) is 2. The van der Waals surface area contributed by atoms with Gasteiger partial charge < -0.3 is 20.1 Å². The van der Waals surface area contributed by atoms with Gasteiger partial charge in [-0.15, -0.1) is 0 Å². The number of benzene rings is 1. The third-order valence-corrected chi connectivity index (χ3v) is 3.36. The molecule has 2 rings (SSSR count). The number of hydrogen-bond acceptors (Lipinski definition) is 3. The predicted octanol–water partition coefficient (Wildman–Crippen LogP) is 3.06. The van der Waals surface area contributed by atoms with Crippen molar-refractivity contribution >= 4 is 23.0 Å². The molecule has 21 heavy (non-hydrogen) atoms. The summed E-state index contributed by atoms with van der Waals surface area (Å²) in [5, 5.41) is 6.27. The molecule has 1 heterocycles. The Bertz CT molecular complexity index is 494. The molecule has 0 spiro atoms. The number of hydrogen-bond donors (Lipinski definition) is 2. The molecule has 1 aromatic carbocycles. The van der Waals surface area contributed by atoms with Gasteiger partial charge in [0.1, 0.15) is 5.75 Å². The normalized spacial score (nSPS) is 17.8. The monoisotopic (exact) mass is 316 g/mol. The van der Waals surface area contributed by atoms with E-state index in [0.29, 0.717) is 17.3 Å². The van der Waals surface area contributed by atoms with E-state index in [0.717, 1.165) is 25.0 Å². The molecule has 1 aromatic rings. The zero-order valence-electron chi connectivity index (χ0n) is 11.7. The summed E-state index contributed by atoms with van der Waals surface area (Å²) in [5.41, 5.74) is 1.33. The molecule has 0 aromatic heterocycles. The predicted molar refractivity (Wildman–Crippen MR) is 81.0 cm³/mol. The highest BCUT2D eigenvalue weighted by Crippen LogP contribution is 2.27. The molecule has 0 amide bonds. The highest BCUT2D eigenvalue weighted by Gasteiger charge is 2.16. The van der Waals surface area contributed by atoms with Crippen molar-refractivity contribution in [1.82, 2.24) is 5.32 Å². The Morgan fingerprint density at radius 2 is 2.33 bits per heavy atom. The van der Waals surface area contributed by atoms with Crippen LogP contribution < -0.4 is 15.4 Å². The minimum absolute atomic E-state index is 0.0665. The van der Waals surface area contributed by atoms with E-state index in [-0.39, 0.29) is 11.9 Å². The average molecular weight is 316 g/mol. The van der Waals surface area contributed by atoms with Crippen LogP contribution in [0.15, 0.2) is 18.2 Å². The van der Waals surface area contributed by atoms with Crippen molar-refractivity contribution in [3.63, 3.8) is 0 Å². The van der Waals surface area contributed by atoms with E-state index >= 15 is 0 Å². The molecule has 1 aliphatic rings. The van der Waals surface area contributed by atoms with Gasteiger partial charge in [-0.1, -0.05) is 6.07 Å². The van der Waals surface area contributed by atoms with Crippen LogP contribution in [0.5, 0.6) is 5.75 Å². The molecule has 0 saturated carbocycles. The maximum absolute atomic E-state index is 12.4. The number of aryl methyl sites for hydroxylation is 1. The number of ether oxygens (including phenoxy) is 2. The zero-order chi connectivity index (χ0) is 15.2. The first-order valence-electron chi connectivity index (χ1n) is 6.76. The minimum Gasteiger partial charge on any atom is -0.433 e. The summed E-state index contributed by atoms with van der Waals surface area (Å²) in [6.45, 7) is 0.362. The fourth-order valence-corrected chi connectivity index (χ4v) is 2.31. The lowest BCUT2D eigenvalue weighted by atomic mass is 10.2. The van der Waals surface area contributed by atoms with Crippen molar-refractivity contribution in [1.29, 1.82) is 0 Å². The van der Waals surface area contributed by atoms with Crippen LogP contribution >= 0.6 is 12.2 Å². The topological polar surface area (TPSA) is 42.5 Å². The van der Waals surface area contributed by atoms with E-state index in [4.69, 9.17) is 17.0 Å². The average Bonchev–Trinajstić information content (AvgIpc) is 2.92. The maximum atomic E-state index is 12.4. The van der Waals surface area contributed by atoms with Crippen LogP contribution in [0.25, 0.3) is 0 Å². The summed E-state index contributed by atoms with van der Waals surface area (Å²) < 4.78 is 34.7. The van der Waals surface area contributed by atoms with Crippen molar-refractivity contribution in [3.05, 3.63) is 23.8 Å². The van der Waals surface area contributed by atoms with Gasteiger partial charge in [0.25, 0.3) is 0 Å². The Balaban J connectivity index is 1.93. The molecule has 1 aliphatic heterocycles. The third kappa shape index (κ3) is 5.09. The molecule has 1 unspecified atom stereocenters. The van der Waals surface area contributed by atoms with Crippen LogP contribution in [0.2, 0.25) is 0 Å². The first kappa shape index (κ1) is 15.9. The number of anilines is 1. The molecule has 2 N–H and O–H groups in total. The van der Waals surface area contributed by atoms with E-state index in [2.05, 4.69) is 15.4 Å². The van der Waals surface area contributed by atoms with Crippen molar-refractivity contribution in [2.75, 3.05) is 18.5 Å². The number of thiocarbonyl (C=S) groups is 1. The second-order valence-electron chi connectivity index (χ2n) is 4.85. The molecular formula is C14H18F2N2O2S. The number of halogens is 2. The highest BCUT2D eigenvalue weighted by molar-refractivity contribution is 7.80. The summed E-state index contributed by atoms with van der Waals surface area (Å²) in [6.07, 6.45) is 2.20. The SMILES string of the molecule is Cc1ccc(OC(F)F)c(NC(=S)NCC2CCCO2)c1. The van der Waals surface area contributed by atoms with E-state index in [9.17, 15) is 8.78 Å². The summed E-state index contributed by atoms with van der Waals surface area (Å²) in [6, 6.07) is 4.90. The van der Waals surface area contributed by atoms with E-state index in [1.165, 1.54) is 6.07 Å². The van der Waals surface area contributed by atoms with Crippen molar-refractivity contribution in [2.45, 2.75) is 32.5 Å². The van der Waals surface area contributed by atoms with Crippen molar-refractivity contribution < 1.29 is 18.3 Å². The Morgan fingerprint density at radius 1 is 1.52 bits per heavy atom. The van der Waals surface area contributed by atoms with Crippen LogP contribution in [0.4, 0.5) is 14.5 Å². The highest BCUT2D eigenvalue weighted by atomic mass is 32.1. The third-order valence-electron chi connectivity index (χ3n) is 3.11. The van der Waals surface area contributed by atoms with E-state index in [1.54, 1.807) is 12.1 Å². The molecular weight excluding hydrogens is 298 g/mol. The summed E-state index contributed by atoms with van der Waals surface area (Å²) in [5.74, 6) is 0.0665. The largest absolute Gasteiger partial charge is 0.433 e. The summed E-state index contributed by atoms with van der Waals surface area (Å²) in [4.78, 5) is 0. The number of alkyl halides is 2.